The molecule has 2 aromatic rings. The van der Waals surface area contributed by atoms with Crippen LogP contribution in [0.3, 0.4) is 0 Å². The van der Waals surface area contributed by atoms with Gasteiger partial charge in [-0.1, -0.05) is 6.07 Å². The first-order chi connectivity index (χ1) is 12.2. The SMILES string of the molecule is CN(Cc1ccccn1)[C@@H]1COC2(CCN(Cc3nccs3)CC2)C1. The van der Waals surface area contributed by atoms with Gasteiger partial charge in [-0.15, -0.1) is 11.3 Å². The van der Waals surface area contributed by atoms with Gasteiger partial charge in [0.2, 0.25) is 0 Å². The van der Waals surface area contributed by atoms with Crippen LogP contribution >= 0.6 is 11.3 Å². The quantitative estimate of drug-likeness (QED) is 0.822. The van der Waals surface area contributed by atoms with E-state index in [1.54, 1.807) is 11.3 Å². The highest BCUT2D eigenvalue weighted by atomic mass is 32.1. The Morgan fingerprint density at radius 1 is 1.28 bits per heavy atom. The number of aromatic nitrogens is 2. The zero-order chi connectivity index (χ0) is 17.1. The van der Waals surface area contributed by atoms with Crippen LogP contribution in [0.2, 0.25) is 0 Å². The molecule has 0 aliphatic carbocycles. The summed E-state index contributed by atoms with van der Waals surface area (Å²) in [6.07, 6.45) is 7.17. The van der Waals surface area contributed by atoms with E-state index < -0.39 is 0 Å². The fraction of sp³-hybridized carbons (Fsp3) is 0.579. The molecule has 2 fully saturated rings. The van der Waals surface area contributed by atoms with E-state index in [1.807, 2.05) is 18.5 Å². The lowest BCUT2D eigenvalue weighted by Crippen LogP contribution is -2.44. The van der Waals surface area contributed by atoms with Crippen LogP contribution in [0, 0.1) is 0 Å². The van der Waals surface area contributed by atoms with Crippen molar-refractivity contribution >= 4 is 11.3 Å². The Bertz CT molecular complexity index is 655. The van der Waals surface area contributed by atoms with Gasteiger partial charge < -0.3 is 4.74 Å². The number of nitrogens with zero attached hydrogens (tertiary/aromatic N) is 4. The van der Waals surface area contributed by atoms with Gasteiger partial charge in [-0.05, 0) is 38.4 Å². The van der Waals surface area contributed by atoms with Crippen molar-refractivity contribution < 1.29 is 4.74 Å². The fourth-order valence-corrected chi connectivity index (χ4v) is 4.63. The van der Waals surface area contributed by atoms with Crippen LogP contribution in [0.1, 0.15) is 30.0 Å². The second-order valence-corrected chi connectivity index (χ2v) is 8.27. The van der Waals surface area contributed by atoms with Gasteiger partial charge in [-0.25, -0.2) is 4.98 Å². The van der Waals surface area contributed by atoms with E-state index in [0.717, 1.165) is 57.7 Å². The first-order valence-corrected chi connectivity index (χ1v) is 9.95. The van der Waals surface area contributed by atoms with Crippen molar-refractivity contribution in [1.82, 2.24) is 19.8 Å². The number of likely N-dealkylation sites (N-methyl/N-ethyl adjacent to an activating group) is 1. The molecule has 25 heavy (non-hydrogen) atoms. The van der Waals surface area contributed by atoms with Gasteiger partial charge in [0.05, 0.1) is 24.4 Å². The molecule has 4 heterocycles. The summed E-state index contributed by atoms with van der Waals surface area (Å²) in [5, 5.41) is 3.28. The highest BCUT2D eigenvalue weighted by Crippen LogP contribution is 2.38. The van der Waals surface area contributed by atoms with Crippen molar-refractivity contribution in [1.29, 1.82) is 0 Å². The highest BCUT2D eigenvalue weighted by molar-refractivity contribution is 7.09. The third-order valence-corrected chi connectivity index (χ3v) is 6.32. The van der Waals surface area contributed by atoms with E-state index >= 15 is 0 Å². The minimum atomic E-state index is 0.0857. The Morgan fingerprint density at radius 3 is 2.88 bits per heavy atom. The van der Waals surface area contributed by atoms with E-state index in [-0.39, 0.29) is 5.60 Å². The van der Waals surface area contributed by atoms with Crippen molar-refractivity contribution in [2.24, 2.45) is 0 Å². The topological polar surface area (TPSA) is 41.5 Å². The zero-order valence-electron chi connectivity index (χ0n) is 14.8. The maximum atomic E-state index is 6.33. The van der Waals surface area contributed by atoms with Crippen molar-refractivity contribution in [3.63, 3.8) is 0 Å². The molecule has 2 saturated heterocycles. The Kier molecular flexibility index (Phi) is 5.12. The molecule has 2 aliphatic heterocycles. The first-order valence-electron chi connectivity index (χ1n) is 9.07. The maximum absolute atomic E-state index is 6.33. The van der Waals surface area contributed by atoms with E-state index in [1.165, 1.54) is 5.01 Å². The Hall–Kier alpha value is -1.34. The lowest BCUT2D eigenvalue weighted by Gasteiger charge is -2.38. The lowest BCUT2D eigenvalue weighted by molar-refractivity contribution is -0.0452. The number of likely N-dealkylation sites (tertiary alicyclic amines) is 1. The summed E-state index contributed by atoms with van der Waals surface area (Å²) in [6.45, 7) is 4.93. The summed E-state index contributed by atoms with van der Waals surface area (Å²) in [5.41, 5.74) is 1.21. The molecule has 0 saturated carbocycles. The predicted molar refractivity (Wildman–Crippen MR) is 99.4 cm³/mol. The van der Waals surface area contributed by atoms with Crippen molar-refractivity contribution in [3.8, 4) is 0 Å². The average Bonchev–Trinajstić information content (AvgIpc) is 3.29. The van der Waals surface area contributed by atoms with Crippen molar-refractivity contribution in [3.05, 3.63) is 46.7 Å². The molecule has 6 heteroatoms. The molecule has 2 aliphatic rings. The minimum Gasteiger partial charge on any atom is -0.373 e. The van der Waals surface area contributed by atoms with Crippen LogP contribution in [-0.4, -0.2) is 58.2 Å². The number of ether oxygens (including phenoxy) is 1. The molecule has 2 aromatic heterocycles. The number of hydrogen-bond acceptors (Lipinski definition) is 6. The van der Waals surface area contributed by atoms with Crippen LogP contribution in [-0.2, 0) is 17.8 Å². The number of rotatable bonds is 5. The molecule has 1 atom stereocenters. The van der Waals surface area contributed by atoms with E-state index in [4.69, 9.17) is 4.74 Å². The second-order valence-electron chi connectivity index (χ2n) is 7.29. The van der Waals surface area contributed by atoms with Gasteiger partial charge in [0, 0.05) is 43.4 Å². The third kappa shape index (κ3) is 4.08. The molecule has 5 nitrogen and oxygen atoms in total. The van der Waals surface area contributed by atoms with Crippen LogP contribution in [0.15, 0.2) is 36.0 Å². The molecular formula is C19H26N4OS. The third-order valence-electron chi connectivity index (χ3n) is 5.56. The Balaban J connectivity index is 1.28. The first kappa shape index (κ1) is 17.1. The molecular weight excluding hydrogens is 332 g/mol. The summed E-state index contributed by atoms with van der Waals surface area (Å²) in [4.78, 5) is 13.8. The van der Waals surface area contributed by atoms with Crippen LogP contribution in [0.4, 0.5) is 0 Å². The van der Waals surface area contributed by atoms with Gasteiger partial charge >= 0.3 is 0 Å². The summed E-state index contributed by atoms with van der Waals surface area (Å²) in [5.74, 6) is 0. The largest absolute Gasteiger partial charge is 0.373 e. The molecule has 0 aromatic carbocycles. The van der Waals surface area contributed by atoms with Gasteiger partial charge in [0.1, 0.15) is 5.01 Å². The molecule has 4 rings (SSSR count). The Morgan fingerprint density at radius 2 is 2.16 bits per heavy atom. The van der Waals surface area contributed by atoms with Crippen molar-refractivity contribution in [2.75, 3.05) is 26.7 Å². The van der Waals surface area contributed by atoms with Crippen molar-refractivity contribution in [2.45, 2.75) is 44.0 Å². The summed E-state index contributed by atoms with van der Waals surface area (Å²) in [6, 6.07) is 6.61. The van der Waals surface area contributed by atoms with Crippen LogP contribution < -0.4 is 0 Å². The number of thiazole rings is 1. The van der Waals surface area contributed by atoms with Gasteiger partial charge in [-0.3, -0.25) is 14.8 Å². The van der Waals surface area contributed by atoms with Gasteiger partial charge in [0.15, 0.2) is 0 Å². The number of hydrogen-bond donors (Lipinski definition) is 0. The van der Waals surface area contributed by atoms with Gasteiger partial charge in [-0.2, -0.15) is 0 Å². The predicted octanol–water partition coefficient (Wildman–Crippen LogP) is 2.79. The molecule has 134 valence electrons. The van der Waals surface area contributed by atoms with E-state index in [2.05, 4.69) is 44.3 Å². The molecule has 0 N–H and O–H groups in total. The number of pyridine rings is 1. The summed E-state index contributed by atoms with van der Waals surface area (Å²) < 4.78 is 6.33. The standard InChI is InChI=1S/C19H26N4OS/c1-22(13-16-4-2-3-7-20-16)17-12-19(24-15-17)5-9-23(10-6-19)14-18-21-8-11-25-18/h2-4,7-8,11,17H,5-6,9-10,12-15H2,1H3/t17-/m0/s1. The smallest absolute Gasteiger partial charge is 0.107 e. The highest BCUT2D eigenvalue weighted by Gasteiger charge is 2.43. The molecule has 0 amide bonds. The lowest BCUT2D eigenvalue weighted by atomic mass is 9.87. The average molecular weight is 359 g/mol. The van der Waals surface area contributed by atoms with E-state index in [0.29, 0.717) is 6.04 Å². The number of piperidine rings is 1. The molecule has 0 unspecified atom stereocenters. The van der Waals surface area contributed by atoms with E-state index in [9.17, 15) is 0 Å². The minimum absolute atomic E-state index is 0.0857. The molecule has 1 spiro atoms. The van der Waals surface area contributed by atoms with Crippen LogP contribution in [0.5, 0.6) is 0 Å². The molecule has 0 bridgehead atoms. The Labute approximate surface area is 153 Å². The normalized spacial score (nSPS) is 23.5. The monoisotopic (exact) mass is 358 g/mol. The second kappa shape index (κ2) is 7.50. The van der Waals surface area contributed by atoms with Gasteiger partial charge in [0.25, 0.3) is 0 Å². The van der Waals surface area contributed by atoms with Crippen LogP contribution in [0.25, 0.3) is 0 Å². The summed E-state index contributed by atoms with van der Waals surface area (Å²) >= 11 is 1.75. The maximum Gasteiger partial charge on any atom is 0.107 e. The fourth-order valence-electron chi connectivity index (χ4n) is 3.97. The molecule has 0 radical (unpaired) electrons. The zero-order valence-corrected chi connectivity index (χ0v) is 15.6. The summed E-state index contributed by atoms with van der Waals surface area (Å²) in [7, 11) is 2.19.